The van der Waals surface area contributed by atoms with Crippen molar-refractivity contribution in [2.45, 2.75) is 6.92 Å². The second-order valence-corrected chi connectivity index (χ2v) is 7.39. The molecule has 0 saturated carbocycles. The average molecular weight is 419 g/mol. The van der Waals surface area contributed by atoms with Gasteiger partial charge in [0.25, 0.3) is 23.5 Å². The zero-order chi connectivity index (χ0) is 22.1. The number of aromatic nitrogens is 2. The van der Waals surface area contributed by atoms with Crippen molar-refractivity contribution in [3.63, 3.8) is 0 Å². The van der Waals surface area contributed by atoms with Gasteiger partial charge in [0.05, 0.1) is 11.1 Å². The number of Topliss-reactive ketones (excluding diaryl/α,β-unsaturated/α-hetero) is 1. The zero-order valence-electron chi connectivity index (χ0n) is 16.9. The molecule has 9 heteroatoms. The van der Waals surface area contributed by atoms with Crippen LogP contribution in [-0.4, -0.2) is 69.5 Å². The van der Waals surface area contributed by atoms with Crippen molar-refractivity contribution in [2.75, 3.05) is 26.2 Å². The number of nitrogens with two attached hydrogens (primary N) is 1. The van der Waals surface area contributed by atoms with Gasteiger partial charge < -0.3 is 20.5 Å². The van der Waals surface area contributed by atoms with E-state index in [2.05, 4.69) is 9.97 Å². The maximum Gasteiger partial charge on any atom is 0.295 e. The molecule has 0 unspecified atom stereocenters. The van der Waals surface area contributed by atoms with Crippen LogP contribution in [0.15, 0.2) is 42.7 Å². The molecule has 31 heavy (non-hydrogen) atoms. The number of aromatic amines is 1. The van der Waals surface area contributed by atoms with E-state index in [4.69, 9.17) is 5.73 Å². The van der Waals surface area contributed by atoms with E-state index in [0.717, 1.165) is 0 Å². The van der Waals surface area contributed by atoms with Gasteiger partial charge in [-0.2, -0.15) is 0 Å². The van der Waals surface area contributed by atoms with Crippen LogP contribution in [0.3, 0.4) is 0 Å². The molecule has 0 aliphatic carbocycles. The van der Waals surface area contributed by atoms with Crippen molar-refractivity contribution in [2.24, 2.45) is 5.73 Å². The summed E-state index contributed by atoms with van der Waals surface area (Å²) in [7, 11) is 0. The zero-order valence-corrected chi connectivity index (χ0v) is 16.9. The number of nitrogens with one attached hydrogen (secondary N) is 1. The number of nitrogens with zero attached hydrogens (tertiary/aromatic N) is 3. The lowest BCUT2D eigenvalue weighted by Gasteiger charge is -2.34. The highest BCUT2D eigenvalue weighted by atomic mass is 16.2. The summed E-state index contributed by atoms with van der Waals surface area (Å²) in [4.78, 5) is 60.0. The van der Waals surface area contributed by atoms with E-state index >= 15 is 0 Å². The van der Waals surface area contributed by atoms with E-state index in [1.54, 1.807) is 36.1 Å². The number of amides is 3. The third kappa shape index (κ3) is 3.65. The molecule has 9 nitrogen and oxygen atoms in total. The number of benzene rings is 1. The first-order chi connectivity index (χ1) is 14.9. The van der Waals surface area contributed by atoms with Crippen LogP contribution in [0.25, 0.3) is 10.9 Å². The van der Waals surface area contributed by atoms with Crippen molar-refractivity contribution in [3.8, 4) is 0 Å². The maximum absolute atomic E-state index is 13.0. The highest BCUT2D eigenvalue weighted by Gasteiger charge is 2.31. The lowest BCUT2D eigenvalue weighted by molar-refractivity contribution is -0.127. The number of piperazine rings is 1. The Morgan fingerprint density at radius 1 is 1.00 bits per heavy atom. The minimum atomic E-state index is -0.726. The molecule has 3 aromatic rings. The van der Waals surface area contributed by atoms with Gasteiger partial charge in [-0.15, -0.1) is 0 Å². The normalized spacial score (nSPS) is 14.0. The maximum atomic E-state index is 13.0. The summed E-state index contributed by atoms with van der Waals surface area (Å²) in [6.07, 6.45) is 2.85. The molecule has 3 heterocycles. The lowest BCUT2D eigenvalue weighted by Crippen LogP contribution is -2.52. The minimum Gasteiger partial charge on any atom is -0.364 e. The molecule has 158 valence electrons. The molecule has 0 bridgehead atoms. The van der Waals surface area contributed by atoms with Crippen LogP contribution in [-0.2, 0) is 4.79 Å². The fourth-order valence-corrected chi connectivity index (χ4v) is 3.81. The van der Waals surface area contributed by atoms with Crippen LogP contribution < -0.4 is 5.73 Å². The topological polar surface area (TPSA) is 129 Å². The smallest absolute Gasteiger partial charge is 0.295 e. The molecule has 1 aliphatic heterocycles. The molecule has 1 aliphatic rings. The lowest BCUT2D eigenvalue weighted by atomic mass is 10.0. The minimum absolute atomic E-state index is 0.0140. The number of H-pyrrole nitrogens is 1. The largest absolute Gasteiger partial charge is 0.364 e. The Morgan fingerprint density at radius 3 is 2.29 bits per heavy atom. The van der Waals surface area contributed by atoms with Gasteiger partial charge in [0.2, 0.25) is 0 Å². The predicted molar refractivity (Wildman–Crippen MR) is 113 cm³/mol. The van der Waals surface area contributed by atoms with E-state index in [1.807, 2.05) is 6.07 Å². The molecule has 0 atom stereocenters. The second kappa shape index (κ2) is 8.02. The summed E-state index contributed by atoms with van der Waals surface area (Å²) in [5.74, 6) is -2.16. The first-order valence-corrected chi connectivity index (χ1v) is 9.83. The molecule has 1 aromatic carbocycles. The molecule has 3 amide bonds. The summed E-state index contributed by atoms with van der Waals surface area (Å²) in [6.45, 7) is 2.95. The summed E-state index contributed by atoms with van der Waals surface area (Å²) < 4.78 is 0. The number of rotatable bonds is 4. The van der Waals surface area contributed by atoms with Gasteiger partial charge in [0, 0.05) is 49.5 Å². The highest BCUT2D eigenvalue weighted by molar-refractivity contribution is 6.45. The molecule has 0 spiro atoms. The molecule has 1 saturated heterocycles. The Balaban J connectivity index is 1.50. The number of hydrogen-bond donors (Lipinski definition) is 2. The molecule has 2 aromatic heterocycles. The average Bonchev–Trinajstić information content (AvgIpc) is 3.24. The number of carbonyl (C=O) groups excluding carboxylic acids is 4. The number of carbonyl (C=O) groups is 4. The van der Waals surface area contributed by atoms with Gasteiger partial charge in [-0.3, -0.25) is 19.2 Å². The first-order valence-electron chi connectivity index (χ1n) is 9.83. The Kier molecular flexibility index (Phi) is 5.24. The second-order valence-electron chi connectivity index (χ2n) is 7.39. The van der Waals surface area contributed by atoms with E-state index < -0.39 is 17.6 Å². The summed E-state index contributed by atoms with van der Waals surface area (Å²) >= 11 is 0. The van der Waals surface area contributed by atoms with Crippen LogP contribution in [0, 0.1) is 6.92 Å². The van der Waals surface area contributed by atoms with Crippen molar-refractivity contribution < 1.29 is 19.2 Å². The SMILES string of the molecule is Cc1cnc(C(N)=O)c2[nH]cc(C(=O)C(=O)N3CCN(C(=O)c4ccccc4)CC3)c12. The molecule has 0 radical (unpaired) electrons. The Bertz CT molecular complexity index is 1190. The van der Waals surface area contributed by atoms with Crippen LogP contribution in [0.2, 0.25) is 0 Å². The van der Waals surface area contributed by atoms with Gasteiger partial charge in [-0.1, -0.05) is 18.2 Å². The highest BCUT2D eigenvalue weighted by Crippen LogP contribution is 2.25. The monoisotopic (exact) mass is 419 g/mol. The van der Waals surface area contributed by atoms with Gasteiger partial charge in [-0.05, 0) is 24.6 Å². The molecule has 4 rings (SSSR count). The number of pyridine rings is 1. The first kappa shape index (κ1) is 20.3. The Hall–Kier alpha value is -4.01. The number of ketones is 1. The quantitative estimate of drug-likeness (QED) is 0.484. The van der Waals surface area contributed by atoms with E-state index in [9.17, 15) is 19.2 Å². The predicted octanol–water partition coefficient (Wildman–Crippen LogP) is 1.14. The van der Waals surface area contributed by atoms with Crippen LogP contribution in [0.4, 0.5) is 0 Å². The third-order valence-electron chi connectivity index (χ3n) is 5.45. The van der Waals surface area contributed by atoms with E-state index in [1.165, 1.54) is 17.3 Å². The van der Waals surface area contributed by atoms with Crippen LogP contribution in [0.1, 0.15) is 36.8 Å². The fraction of sp³-hybridized carbons (Fsp3) is 0.227. The number of hydrogen-bond acceptors (Lipinski definition) is 5. The summed E-state index contributed by atoms with van der Waals surface area (Å²) in [6, 6.07) is 8.94. The molecular formula is C22H21N5O4. The van der Waals surface area contributed by atoms with Crippen LogP contribution in [0.5, 0.6) is 0 Å². The standard InChI is InChI=1S/C22H21N5O4/c1-13-11-24-18(20(23)29)17-16(13)15(12-25-17)19(28)22(31)27-9-7-26(8-10-27)21(30)14-5-3-2-4-6-14/h2-6,11-12,25H,7-10H2,1H3,(H2,23,29). The van der Waals surface area contributed by atoms with Crippen molar-refractivity contribution >= 4 is 34.4 Å². The Labute approximate surface area is 177 Å². The van der Waals surface area contributed by atoms with Gasteiger partial charge in [-0.25, -0.2) is 4.98 Å². The van der Waals surface area contributed by atoms with Crippen LogP contribution >= 0.6 is 0 Å². The van der Waals surface area contributed by atoms with Gasteiger partial charge >= 0.3 is 0 Å². The fourth-order valence-electron chi connectivity index (χ4n) is 3.81. The van der Waals surface area contributed by atoms with E-state index in [0.29, 0.717) is 35.1 Å². The van der Waals surface area contributed by atoms with Gasteiger partial charge in [0.1, 0.15) is 0 Å². The van der Waals surface area contributed by atoms with Gasteiger partial charge in [0.15, 0.2) is 5.69 Å². The number of aryl methyl sites for hydroxylation is 1. The molecule has 3 N–H and O–H groups in total. The van der Waals surface area contributed by atoms with E-state index in [-0.39, 0.29) is 30.3 Å². The number of primary amides is 1. The summed E-state index contributed by atoms with van der Waals surface area (Å²) in [5.41, 5.74) is 7.12. The van der Waals surface area contributed by atoms with Crippen molar-refractivity contribution in [1.82, 2.24) is 19.8 Å². The van der Waals surface area contributed by atoms with Crippen molar-refractivity contribution in [1.29, 1.82) is 0 Å². The molecular weight excluding hydrogens is 398 g/mol. The summed E-state index contributed by atoms with van der Waals surface area (Å²) in [5, 5.41) is 0.458. The van der Waals surface area contributed by atoms with Crippen molar-refractivity contribution in [3.05, 3.63) is 65.1 Å². The third-order valence-corrected chi connectivity index (χ3v) is 5.45. The number of fused-ring (bicyclic) bond motifs is 1. The molecule has 1 fully saturated rings. The Morgan fingerprint density at radius 2 is 1.65 bits per heavy atom.